The second kappa shape index (κ2) is 10.7. The van der Waals surface area contributed by atoms with E-state index in [0.717, 1.165) is 34.4 Å². The van der Waals surface area contributed by atoms with Crippen LogP contribution in [0.2, 0.25) is 0 Å². The van der Waals surface area contributed by atoms with Crippen molar-refractivity contribution in [2.45, 2.75) is 73.6 Å². The van der Waals surface area contributed by atoms with Crippen LogP contribution in [0.3, 0.4) is 0 Å². The highest BCUT2D eigenvalue weighted by Crippen LogP contribution is 2.49. The summed E-state index contributed by atoms with van der Waals surface area (Å²) in [7, 11) is 0. The maximum absolute atomic E-state index is 12.0. The number of rotatable bonds is 8. The van der Waals surface area contributed by atoms with Gasteiger partial charge in [0, 0.05) is 6.54 Å². The molecule has 5 rings (SSSR count). The van der Waals surface area contributed by atoms with Crippen molar-refractivity contribution in [2.24, 2.45) is 29.1 Å². The van der Waals surface area contributed by atoms with Gasteiger partial charge in [-0.15, -0.1) is 0 Å². The maximum Gasteiger partial charge on any atom is 0.261 e. The van der Waals surface area contributed by atoms with Gasteiger partial charge in [-0.3, -0.25) is 14.5 Å². The highest BCUT2D eigenvalue weighted by atomic mass is 16.2. The summed E-state index contributed by atoms with van der Waals surface area (Å²) in [6, 6.07) is 11.4. The zero-order chi connectivity index (χ0) is 26.0. The van der Waals surface area contributed by atoms with E-state index in [1.807, 2.05) is 24.3 Å². The molecule has 0 aromatic heterocycles. The lowest BCUT2D eigenvalue weighted by Gasteiger charge is -2.37. The average molecular weight is 486 g/mol. The van der Waals surface area contributed by atoms with E-state index in [-0.39, 0.29) is 11.8 Å². The van der Waals surface area contributed by atoms with E-state index in [9.17, 15) is 9.59 Å². The van der Waals surface area contributed by atoms with Crippen molar-refractivity contribution in [2.75, 3.05) is 6.54 Å². The minimum atomic E-state index is -0.182. The van der Waals surface area contributed by atoms with Gasteiger partial charge in [0.25, 0.3) is 11.8 Å². The molecule has 3 heteroatoms. The molecule has 1 saturated carbocycles. The van der Waals surface area contributed by atoms with Gasteiger partial charge in [0.05, 0.1) is 11.1 Å². The SMILES string of the molecule is CCC(CC)CC(C1=CC2CC2C=C1)C(C)(C)CC.CCN1C(=O)c2cc3ccccc3cc2C1=O. The Morgan fingerprint density at radius 2 is 1.50 bits per heavy atom. The van der Waals surface area contributed by atoms with Crippen molar-refractivity contribution >= 4 is 22.6 Å². The highest BCUT2D eigenvalue weighted by Gasteiger charge is 2.39. The third kappa shape index (κ3) is 5.21. The number of benzene rings is 2. The summed E-state index contributed by atoms with van der Waals surface area (Å²) in [5, 5.41) is 1.98. The van der Waals surface area contributed by atoms with Crippen LogP contribution in [-0.4, -0.2) is 23.3 Å². The maximum atomic E-state index is 12.0. The Morgan fingerprint density at radius 3 is 1.97 bits per heavy atom. The van der Waals surface area contributed by atoms with Crippen LogP contribution in [0.15, 0.2) is 60.2 Å². The molecule has 0 saturated heterocycles. The summed E-state index contributed by atoms with van der Waals surface area (Å²) in [5.41, 5.74) is 3.13. The number of carbonyl (C=O) groups excluding carboxylic acids is 2. The van der Waals surface area contributed by atoms with Gasteiger partial charge in [0.15, 0.2) is 0 Å². The number of hydrogen-bond acceptors (Lipinski definition) is 2. The van der Waals surface area contributed by atoms with E-state index in [1.54, 1.807) is 24.6 Å². The summed E-state index contributed by atoms with van der Waals surface area (Å²) < 4.78 is 0. The number of carbonyl (C=O) groups is 2. The van der Waals surface area contributed by atoms with Crippen LogP contribution < -0.4 is 0 Å². The van der Waals surface area contributed by atoms with E-state index >= 15 is 0 Å². The van der Waals surface area contributed by atoms with Gasteiger partial charge in [-0.1, -0.05) is 96.4 Å². The molecule has 1 heterocycles. The molecule has 0 spiro atoms. The average Bonchev–Trinajstić information content (AvgIpc) is 3.63. The number of fused-ring (bicyclic) bond motifs is 3. The standard InChI is InChI=1S/C19H32.C14H11NO2/c1-6-14(7-2)11-18(19(4,5)8-3)16-10-9-15-12-17(15)13-16;1-2-15-13(16)11-7-9-5-3-4-6-10(9)8-12(11)14(15)17/h9-10,13-15,17-18H,6-8,11-12H2,1-5H3;3-8H,2H2,1H3. The Bertz CT molecular complexity index is 1130. The van der Waals surface area contributed by atoms with Crippen molar-refractivity contribution in [1.29, 1.82) is 0 Å². The van der Waals surface area contributed by atoms with Crippen LogP contribution in [0.1, 0.15) is 94.4 Å². The Hall–Kier alpha value is -2.68. The Balaban J connectivity index is 0.000000170. The van der Waals surface area contributed by atoms with E-state index < -0.39 is 0 Å². The van der Waals surface area contributed by atoms with Gasteiger partial charge >= 0.3 is 0 Å². The predicted octanol–water partition coefficient (Wildman–Crippen LogP) is 8.45. The van der Waals surface area contributed by atoms with Gasteiger partial charge in [-0.05, 0) is 77.3 Å². The molecule has 2 aromatic carbocycles. The van der Waals surface area contributed by atoms with Gasteiger partial charge in [-0.2, -0.15) is 0 Å². The molecule has 1 fully saturated rings. The number of allylic oxidation sites excluding steroid dienone is 4. The fourth-order valence-electron chi connectivity index (χ4n) is 5.79. The minimum absolute atomic E-state index is 0.182. The first-order chi connectivity index (χ1) is 17.2. The predicted molar refractivity (Wildman–Crippen MR) is 150 cm³/mol. The topological polar surface area (TPSA) is 37.4 Å². The van der Waals surface area contributed by atoms with E-state index in [2.05, 4.69) is 52.8 Å². The summed E-state index contributed by atoms with van der Waals surface area (Å²) in [4.78, 5) is 25.3. The Morgan fingerprint density at radius 1 is 0.917 bits per heavy atom. The molecule has 3 aliphatic rings. The molecule has 2 aromatic rings. The third-order valence-electron chi connectivity index (χ3n) is 8.97. The van der Waals surface area contributed by atoms with Gasteiger partial charge in [0.1, 0.15) is 0 Å². The summed E-state index contributed by atoms with van der Waals surface area (Å²) in [6.45, 7) is 14.2. The normalized spacial score (nSPS) is 21.2. The molecule has 0 N–H and O–H groups in total. The van der Waals surface area contributed by atoms with E-state index in [1.165, 1.54) is 37.0 Å². The lowest BCUT2D eigenvalue weighted by Crippen LogP contribution is -2.29. The quantitative estimate of drug-likeness (QED) is 0.352. The molecule has 3 nitrogen and oxygen atoms in total. The first kappa shape index (κ1) is 26.4. The van der Waals surface area contributed by atoms with Gasteiger partial charge < -0.3 is 0 Å². The summed E-state index contributed by atoms with van der Waals surface area (Å²) >= 11 is 0. The first-order valence-corrected chi connectivity index (χ1v) is 14.0. The zero-order valence-corrected chi connectivity index (χ0v) is 23.0. The lowest BCUT2D eigenvalue weighted by molar-refractivity contribution is 0.0663. The second-order valence-electron chi connectivity index (χ2n) is 11.5. The summed E-state index contributed by atoms with van der Waals surface area (Å²) in [6.07, 6.45) is 14.3. The Labute approximate surface area is 217 Å². The van der Waals surface area contributed by atoms with Crippen molar-refractivity contribution in [3.05, 3.63) is 71.3 Å². The zero-order valence-electron chi connectivity index (χ0n) is 23.0. The highest BCUT2D eigenvalue weighted by molar-refractivity contribution is 6.23. The molecular weight excluding hydrogens is 442 g/mol. The first-order valence-electron chi connectivity index (χ1n) is 14.0. The third-order valence-corrected chi connectivity index (χ3v) is 8.97. The smallest absolute Gasteiger partial charge is 0.261 e. The van der Waals surface area contributed by atoms with Crippen LogP contribution in [0.5, 0.6) is 0 Å². The number of nitrogens with zero attached hydrogens (tertiary/aromatic N) is 1. The van der Waals surface area contributed by atoms with Crippen LogP contribution >= 0.6 is 0 Å². The molecule has 0 radical (unpaired) electrons. The van der Waals surface area contributed by atoms with Gasteiger partial charge in [-0.25, -0.2) is 0 Å². The van der Waals surface area contributed by atoms with E-state index in [4.69, 9.17) is 0 Å². The van der Waals surface area contributed by atoms with Crippen LogP contribution in [0.25, 0.3) is 10.8 Å². The summed E-state index contributed by atoms with van der Waals surface area (Å²) in [5.74, 6) is 3.05. The van der Waals surface area contributed by atoms with Crippen LogP contribution in [0.4, 0.5) is 0 Å². The molecule has 3 atom stereocenters. The monoisotopic (exact) mass is 485 g/mol. The molecule has 2 aliphatic carbocycles. The second-order valence-corrected chi connectivity index (χ2v) is 11.5. The molecule has 0 bridgehead atoms. The van der Waals surface area contributed by atoms with Crippen LogP contribution in [-0.2, 0) is 0 Å². The number of imide groups is 1. The molecule has 3 unspecified atom stereocenters. The number of hydrogen-bond donors (Lipinski definition) is 0. The molecule has 2 amide bonds. The van der Waals surface area contributed by atoms with Crippen molar-refractivity contribution in [3.8, 4) is 0 Å². The van der Waals surface area contributed by atoms with Crippen LogP contribution in [0, 0.1) is 29.1 Å². The van der Waals surface area contributed by atoms with Gasteiger partial charge in [0.2, 0.25) is 0 Å². The van der Waals surface area contributed by atoms with Crippen molar-refractivity contribution < 1.29 is 9.59 Å². The van der Waals surface area contributed by atoms with Crippen molar-refractivity contribution in [3.63, 3.8) is 0 Å². The Kier molecular flexibility index (Phi) is 7.87. The van der Waals surface area contributed by atoms with Crippen molar-refractivity contribution in [1.82, 2.24) is 4.90 Å². The van der Waals surface area contributed by atoms with E-state index in [0.29, 0.717) is 23.1 Å². The molecular formula is C33H43NO2. The minimum Gasteiger partial charge on any atom is -0.275 e. The fourth-order valence-corrected chi connectivity index (χ4v) is 5.79. The molecule has 36 heavy (non-hydrogen) atoms. The molecule has 192 valence electrons. The fraction of sp³-hybridized carbons (Fsp3) is 0.515. The molecule has 1 aliphatic heterocycles. The largest absolute Gasteiger partial charge is 0.275 e. The lowest BCUT2D eigenvalue weighted by atomic mass is 9.68. The number of amides is 2.